The van der Waals surface area contributed by atoms with E-state index in [-0.39, 0.29) is 56.1 Å². The molecule has 2 aliphatic heterocycles. The van der Waals surface area contributed by atoms with Crippen molar-refractivity contribution in [2.24, 2.45) is 11.8 Å². The second-order valence-electron chi connectivity index (χ2n) is 11.5. The van der Waals surface area contributed by atoms with Crippen molar-refractivity contribution in [2.45, 2.75) is 55.8 Å². The van der Waals surface area contributed by atoms with Gasteiger partial charge in [0.1, 0.15) is 18.5 Å². The summed E-state index contributed by atoms with van der Waals surface area (Å²) in [6.45, 7) is 3.71. The van der Waals surface area contributed by atoms with Crippen molar-refractivity contribution < 1.29 is 46.8 Å². The minimum Gasteiger partial charge on any atom is -0.497 e. The molecule has 13 nitrogen and oxygen atoms in total. The van der Waals surface area contributed by atoms with Gasteiger partial charge in [-0.2, -0.15) is 4.31 Å². The number of carbonyl (C=O) groups excluding carboxylic acids is 2. The maximum Gasteiger partial charge on any atom is 0.407 e. The molecule has 2 heterocycles. The normalized spacial score (nSPS) is 22.6. The number of benzene rings is 2. The van der Waals surface area contributed by atoms with Crippen LogP contribution >= 0.6 is 0 Å². The van der Waals surface area contributed by atoms with E-state index in [1.165, 1.54) is 30.6 Å². The predicted octanol–water partition coefficient (Wildman–Crippen LogP) is 1.54. The van der Waals surface area contributed by atoms with Gasteiger partial charge in [0.2, 0.25) is 15.9 Å². The first-order valence-corrected chi connectivity index (χ1v) is 16.3. The van der Waals surface area contributed by atoms with Gasteiger partial charge in [-0.05, 0) is 42.2 Å². The summed E-state index contributed by atoms with van der Waals surface area (Å²) in [5, 5.41) is 16.7. The molecule has 2 saturated heterocycles. The SMILES string of the molecule is CNC(=O)CO[C@H]1CO[C@@H]2OC[C@H](OC(=O)N[C@@H](Cc3ccccc3)[C@H](O)CN(CC(C)C)S(=O)(=O)c3ccc(OC)cc3)[C@@H]21. The third-order valence-corrected chi connectivity index (χ3v) is 9.56. The van der Waals surface area contributed by atoms with E-state index in [1.807, 2.05) is 44.2 Å². The van der Waals surface area contributed by atoms with E-state index in [1.54, 1.807) is 12.1 Å². The Morgan fingerprint density at radius 2 is 1.69 bits per heavy atom. The molecule has 248 valence electrons. The van der Waals surface area contributed by atoms with Gasteiger partial charge in [-0.3, -0.25) is 4.79 Å². The van der Waals surface area contributed by atoms with Crippen LogP contribution in [0.25, 0.3) is 0 Å². The molecule has 0 radical (unpaired) electrons. The number of ether oxygens (including phenoxy) is 5. The van der Waals surface area contributed by atoms with Gasteiger partial charge < -0.3 is 39.4 Å². The molecule has 2 aromatic rings. The van der Waals surface area contributed by atoms with Gasteiger partial charge >= 0.3 is 6.09 Å². The molecule has 2 aromatic carbocycles. The molecule has 6 atom stereocenters. The molecule has 0 spiro atoms. The molecule has 2 fully saturated rings. The molecule has 0 aromatic heterocycles. The minimum atomic E-state index is -4.00. The van der Waals surface area contributed by atoms with Crippen molar-refractivity contribution in [1.29, 1.82) is 0 Å². The average molecular weight is 650 g/mol. The van der Waals surface area contributed by atoms with Gasteiger partial charge in [0.25, 0.3) is 0 Å². The summed E-state index contributed by atoms with van der Waals surface area (Å²) < 4.78 is 56.5. The predicted molar refractivity (Wildman–Crippen MR) is 163 cm³/mol. The van der Waals surface area contributed by atoms with Crippen molar-refractivity contribution in [1.82, 2.24) is 14.9 Å². The first kappa shape index (κ1) is 34.6. The summed E-state index contributed by atoms with van der Waals surface area (Å²) in [5.74, 6) is -0.277. The molecule has 3 N–H and O–H groups in total. The van der Waals surface area contributed by atoms with Crippen LogP contribution in [0.4, 0.5) is 4.79 Å². The minimum absolute atomic E-state index is 0.0433. The van der Waals surface area contributed by atoms with Gasteiger partial charge in [-0.25, -0.2) is 13.2 Å². The smallest absolute Gasteiger partial charge is 0.407 e. The molecule has 2 aliphatic rings. The van der Waals surface area contributed by atoms with Crippen molar-refractivity contribution in [2.75, 3.05) is 47.1 Å². The Morgan fingerprint density at radius 1 is 1.02 bits per heavy atom. The number of amides is 2. The molecular formula is C31H43N3O10S. The number of methoxy groups -OCH3 is 1. The number of aliphatic hydroxyl groups excluding tert-OH is 1. The lowest BCUT2D eigenvalue weighted by atomic mass is 10.00. The molecule has 0 bridgehead atoms. The number of fused-ring (bicyclic) bond motifs is 1. The number of aliphatic hydroxyl groups is 1. The summed E-state index contributed by atoms with van der Waals surface area (Å²) >= 11 is 0. The Morgan fingerprint density at radius 3 is 2.31 bits per heavy atom. The molecule has 0 unspecified atom stereocenters. The molecular weight excluding hydrogens is 606 g/mol. The second-order valence-corrected chi connectivity index (χ2v) is 13.4. The van der Waals surface area contributed by atoms with Crippen molar-refractivity contribution in [3.05, 3.63) is 60.2 Å². The van der Waals surface area contributed by atoms with E-state index in [4.69, 9.17) is 23.7 Å². The van der Waals surface area contributed by atoms with E-state index in [2.05, 4.69) is 10.6 Å². The Balaban J connectivity index is 1.49. The van der Waals surface area contributed by atoms with Crippen molar-refractivity contribution in [3.63, 3.8) is 0 Å². The largest absolute Gasteiger partial charge is 0.497 e. The Labute approximate surface area is 264 Å². The van der Waals surface area contributed by atoms with E-state index < -0.39 is 52.7 Å². The monoisotopic (exact) mass is 649 g/mol. The number of carbonyl (C=O) groups is 2. The zero-order valence-electron chi connectivity index (χ0n) is 26.0. The number of sulfonamides is 1. The number of hydrogen-bond acceptors (Lipinski definition) is 10. The highest BCUT2D eigenvalue weighted by atomic mass is 32.2. The van der Waals surface area contributed by atoms with E-state index in [0.717, 1.165) is 5.56 Å². The van der Waals surface area contributed by atoms with Crippen LogP contribution in [0.1, 0.15) is 19.4 Å². The van der Waals surface area contributed by atoms with Crippen LogP contribution in [0, 0.1) is 11.8 Å². The summed E-state index contributed by atoms with van der Waals surface area (Å²) in [6.07, 6.45) is -3.79. The highest BCUT2D eigenvalue weighted by Crippen LogP contribution is 2.35. The topological polar surface area (TPSA) is 162 Å². The number of alkyl carbamates (subject to hydrolysis) is 1. The molecule has 14 heteroatoms. The first-order chi connectivity index (χ1) is 21.5. The highest BCUT2D eigenvalue weighted by Gasteiger charge is 2.51. The summed E-state index contributed by atoms with van der Waals surface area (Å²) in [4.78, 5) is 25.0. The van der Waals surface area contributed by atoms with Gasteiger partial charge in [0.05, 0.1) is 49.4 Å². The van der Waals surface area contributed by atoms with Crippen LogP contribution in [-0.2, 0) is 40.2 Å². The number of hydrogen-bond donors (Lipinski definition) is 3. The third-order valence-electron chi connectivity index (χ3n) is 7.71. The summed E-state index contributed by atoms with van der Waals surface area (Å²) in [6, 6.07) is 14.4. The number of nitrogens with zero attached hydrogens (tertiary/aromatic N) is 1. The average Bonchev–Trinajstić information content (AvgIpc) is 3.62. The lowest BCUT2D eigenvalue weighted by molar-refractivity contribution is -0.128. The van der Waals surface area contributed by atoms with E-state index >= 15 is 0 Å². The van der Waals surface area contributed by atoms with Crippen LogP contribution in [0.2, 0.25) is 0 Å². The maximum absolute atomic E-state index is 13.7. The highest BCUT2D eigenvalue weighted by molar-refractivity contribution is 7.89. The maximum atomic E-state index is 13.7. The van der Waals surface area contributed by atoms with Crippen LogP contribution in [0.5, 0.6) is 5.75 Å². The van der Waals surface area contributed by atoms with Crippen LogP contribution < -0.4 is 15.4 Å². The zero-order chi connectivity index (χ0) is 32.6. The van der Waals surface area contributed by atoms with Gasteiger partial charge in [0, 0.05) is 20.1 Å². The van der Waals surface area contributed by atoms with Crippen molar-refractivity contribution in [3.8, 4) is 5.75 Å². The Kier molecular flexibility index (Phi) is 12.2. The first-order valence-electron chi connectivity index (χ1n) is 14.9. The molecule has 45 heavy (non-hydrogen) atoms. The quantitative estimate of drug-likeness (QED) is 0.258. The molecule has 4 rings (SSSR count). The van der Waals surface area contributed by atoms with Crippen molar-refractivity contribution >= 4 is 22.0 Å². The number of rotatable bonds is 15. The van der Waals surface area contributed by atoms with Crippen LogP contribution in [-0.4, -0.2) is 108 Å². The van der Waals surface area contributed by atoms with E-state index in [0.29, 0.717) is 5.75 Å². The fourth-order valence-corrected chi connectivity index (χ4v) is 6.99. The molecule has 0 aliphatic carbocycles. The summed E-state index contributed by atoms with van der Waals surface area (Å²) in [5.41, 5.74) is 0.825. The lowest BCUT2D eigenvalue weighted by Crippen LogP contribution is -2.52. The fraction of sp³-hybridized carbons (Fsp3) is 0.548. The standard InChI is InChI=1S/C31H43N3O10S/c1-20(2)15-34(45(38,39)23-12-10-22(40-4)11-13-23)16-25(35)24(14-21-8-6-5-7-9-21)33-31(37)44-27-18-43-30-29(27)26(17-42-30)41-19-28(36)32-3/h5-13,20,24-27,29-30,35H,14-19H2,1-4H3,(H,32,36)(H,33,37)/t24-,25+,26-,27-,29-,30+/m0/s1. The second kappa shape index (κ2) is 15.8. The Bertz CT molecular complexity index is 1360. The lowest BCUT2D eigenvalue weighted by Gasteiger charge is -2.31. The molecule has 0 saturated carbocycles. The number of likely N-dealkylation sites (N-methyl/N-ethyl adjacent to an activating group) is 1. The van der Waals surface area contributed by atoms with Gasteiger partial charge in [-0.15, -0.1) is 0 Å². The third kappa shape index (κ3) is 9.15. The van der Waals surface area contributed by atoms with Gasteiger partial charge in [0.15, 0.2) is 6.29 Å². The summed E-state index contributed by atoms with van der Waals surface area (Å²) in [7, 11) is -0.998. The van der Waals surface area contributed by atoms with Crippen LogP contribution in [0.15, 0.2) is 59.5 Å². The van der Waals surface area contributed by atoms with E-state index in [9.17, 15) is 23.1 Å². The zero-order valence-corrected chi connectivity index (χ0v) is 26.8. The van der Waals surface area contributed by atoms with Gasteiger partial charge in [-0.1, -0.05) is 44.2 Å². The number of nitrogens with one attached hydrogen (secondary N) is 2. The Hall–Kier alpha value is -3.27. The molecule has 2 amide bonds. The fourth-order valence-electron chi connectivity index (χ4n) is 5.37. The van der Waals surface area contributed by atoms with Crippen LogP contribution in [0.3, 0.4) is 0 Å².